The third kappa shape index (κ3) is 4.72. The highest BCUT2D eigenvalue weighted by atomic mass is 16.5. The summed E-state index contributed by atoms with van der Waals surface area (Å²) in [6, 6.07) is 7.28. The number of likely N-dealkylation sites (tertiary alicyclic amines) is 1. The van der Waals surface area contributed by atoms with Gasteiger partial charge in [-0.05, 0) is 63.8 Å². The van der Waals surface area contributed by atoms with Crippen LogP contribution in [0.4, 0.5) is 0 Å². The summed E-state index contributed by atoms with van der Waals surface area (Å²) in [7, 11) is 0. The molecule has 2 rings (SSSR count). The fourth-order valence-corrected chi connectivity index (χ4v) is 3.34. The highest BCUT2D eigenvalue weighted by molar-refractivity contribution is 5.32. The normalized spacial score (nSPS) is 24.8. The van der Waals surface area contributed by atoms with Gasteiger partial charge < -0.3 is 9.84 Å². The van der Waals surface area contributed by atoms with Crippen molar-refractivity contribution in [2.24, 2.45) is 0 Å². The van der Waals surface area contributed by atoms with Crippen molar-refractivity contribution in [2.45, 2.75) is 65.1 Å². The standard InChI is InChI=1S/C18H29NO2/c1-13-8-14(2)10-18(9-13)21-12-17(20)11-19-15(3)6-5-7-16(19)4/h8-10,15-17,20H,5-7,11-12H2,1-4H3/t15-,16-,17-/m0/s1. The number of rotatable bonds is 5. The van der Waals surface area contributed by atoms with E-state index in [0.29, 0.717) is 25.2 Å². The molecule has 0 amide bonds. The van der Waals surface area contributed by atoms with Gasteiger partial charge in [-0.15, -0.1) is 0 Å². The number of nitrogens with zero attached hydrogens (tertiary/aromatic N) is 1. The van der Waals surface area contributed by atoms with E-state index in [1.54, 1.807) is 0 Å². The molecule has 1 aromatic carbocycles. The molecule has 1 aliphatic rings. The van der Waals surface area contributed by atoms with Gasteiger partial charge >= 0.3 is 0 Å². The lowest BCUT2D eigenvalue weighted by atomic mass is 9.97. The predicted octanol–water partition coefficient (Wildman–Crippen LogP) is 3.31. The zero-order chi connectivity index (χ0) is 15.4. The molecule has 21 heavy (non-hydrogen) atoms. The molecule has 3 nitrogen and oxygen atoms in total. The number of piperidine rings is 1. The number of aryl methyl sites for hydroxylation is 2. The molecule has 1 N–H and O–H groups in total. The molecule has 3 atom stereocenters. The SMILES string of the molecule is Cc1cc(C)cc(OC[C@@H](O)CN2[C@@H](C)CCC[C@@H]2C)c1. The maximum absolute atomic E-state index is 10.3. The van der Waals surface area contributed by atoms with Crippen LogP contribution in [0, 0.1) is 13.8 Å². The molecule has 0 spiro atoms. The van der Waals surface area contributed by atoms with Crippen LogP contribution in [-0.2, 0) is 0 Å². The van der Waals surface area contributed by atoms with Crippen LogP contribution >= 0.6 is 0 Å². The molecule has 1 aromatic rings. The highest BCUT2D eigenvalue weighted by Gasteiger charge is 2.26. The molecule has 0 saturated carbocycles. The first-order valence-corrected chi connectivity index (χ1v) is 8.10. The number of benzene rings is 1. The second-order valence-corrected chi connectivity index (χ2v) is 6.61. The first kappa shape index (κ1) is 16.3. The maximum Gasteiger partial charge on any atom is 0.119 e. The van der Waals surface area contributed by atoms with Crippen LogP contribution in [0.1, 0.15) is 44.2 Å². The van der Waals surface area contributed by atoms with Gasteiger partial charge in [0.1, 0.15) is 18.5 Å². The summed E-state index contributed by atoms with van der Waals surface area (Å²) >= 11 is 0. The molecule has 1 fully saturated rings. The lowest BCUT2D eigenvalue weighted by Gasteiger charge is -2.40. The zero-order valence-electron chi connectivity index (χ0n) is 13.8. The van der Waals surface area contributed by atoms with Gasteiger partial charge in [-0.2, -0.15) is 0 Å². The van der Waals surface area contributed by atoms with E-state index in [1.165, 1.54) is 30.4 Å². The number of aliphatic hydroxyl groups excluding tert-OH is 1. The Morgan fingerprint density at radius 3 is 2.29 bits per heavy atom. The summed E-state index contributed by atoms with van der Waals surface area (Å²) in [6.07, 6.45) is 3.33. The average Bonchev–Trinajstić information content (AvgIpc) is 2.40. The van der Waals surface area contributed by atoms with Crippen LogP contribution in [0.2, 0.25) is 0 Å². The van der Waals surface area contributed by atoms with Crippen molar-refractivity contribution in [1.82, 2.24) is 4.90 Å². The van der Waals surface area contributed by atoms with E-state index in [4.69, 9.17) is 4.74 Å². The zero-order valence-corrected chi connectivity index (χ0v) is 13.8. The van der Waals surface area contributed by atoms with Crippen LogP contribution in [0.15, 0.2) is 18.2 Å². The van der Waals surface area contributed by atoms with Gasteiger partial charge in [0.15, 0.2) is 0 Å². The van der Waals surface area contributed by atoms with Crippen molar-refractivity contribution in [3.05, 3.63) is 29.3 Å². The summed E-state index contributed by atoms with van der Waals surface area (Å²) < 4.78 is 5.76. The Hall–Kier alpha value is -1.06. The number of β-amino-alcohol motifs (C(OH)–C–C–N with tert-alkyl or cyclic N) is 1. The summed E-state index contributed by atoms with van der Waals surface area (Å²) in [5, 5.41) is 10.3. The van der Waals surface area contributed by atoms with Crippen molar-refractivity contribution in [3.8, 4) is 5.75 Å². The van der Waals surface area contributed by atoms with Crippen molar-refractivity contribution in [3.63, 3.8) is 0 Å². The molecule has 1 heterocycles. The van der Waals surface area contributed by atoms with E-state index < -0.39 is 6.10 Å². The lowest BCUT2D eigenvalue weighted by molar-refractivity contribution is 0.0208. The Morgan fingerprint density at radius 2 is 1.71 bits per heavy atom. The van der Waals surface area contributed by atoms with Crippen LogP contribution < -0.4 is 4.74 Å². The highest BCUT2D eigenvalue weighted by Crippen LogP contribution is 2.23. The van der Waals surface area contributed by atoms with E-state index in [0.717, 1.165) is 5.75 Å². The fourth-order valence-electron chi connectivity index (χ4n) is 3.34. The first-order valence-electron chi connectivity index (χ1n) is 8.10. The van der Waals surface area contributed by atoms with Gasteiger partial charge in [0.05, 0.1) is 0 Å². The molecule has 0 unspecified atom stereocenters. The Kier molecular flexibility index (Phi) is 5.65. The van der Waals surface area contributed by atoms with Crippen molar-refractivity contribution < 1.29 is 9.84 Å². The molecule has 1 aliphatic heterocycles. The minimum Gasteiger partial charge on any atom is -0.491 e. The summed E-state index contributed by atoms with van der Waals surface area (Å²) in [5.74, 6) is 0.853. The summed E-state index contributed by atoms with van der Waals surface area (Å²) in [5.41, 5.74) is 2.38. The van der Waals surface area contributed by atoms with Gasteiger partial charge in [0, 0.05) is 18.6 Å². The Bertz CT molecular complexity index is 430. The van der Waals surface area contributed by atoms with E-state index >= 15 is 0 Å². The Labute approximate surface area is 128 Å². The summed E-state index contributed by atoms with van der Waals surface area (Å²) in [4.78, 5) is 2.42. The molecule has 0 aliphatic carbocycles. The largest absolute Gasteiger partial charge is 0.491 e. The minimum atomic E-state index is -0.436. The Balaban J connectivity index is 1.85. The molecular formula is C18H29NO2. The van der Waals surface area contributed by atoms with Crippen LogP contribution in [0.5, 0.6) is 5.75 Å². The molecule has 1 saturated heterocycles. The van der Waals surface area contributed by atoms with Gasteiger partial charge in [0.25, 0.3) is 0 Å². The Morgan fingerprint density at radius 1 is 1.14 bits per heavy atom. The monoisotopic (exact) mass is 291 g/mol. The number of aliphatic hydroxyl groups is 1. The first-order chi connectivity index (χ1) is 9.95. The topological polar surface area (TPSA) is 32.7 Å². The quantitative estimate of drug-likeness (QED) is 0.903. The smallest absolute Gasteiger partial charge is 0.119 e. The predicted molar refractivity (Wildman–Crippen MR) is 86.9 cm³/mol. The number of ether oxygens (including phenoxy) is 1. The van der Waals surface area contributed by atoms with Gasteiger partial charge in [-0.25, -0.2) is 0 Å². The second-order valence-electron chi connectivity index (χ2n) is 6.61. The maximum atomic E-state index is 10.3. The average molecular weight is 291 g/mol. The molecule has 0 radical (unpaired) electrons. The van der Waals surface area contributed by atoms with Crippen molar-refractivity contribution in [2.75, 3.05) is 13.2 Å². The van der Waals surface area contributed by atoms with Gasteiger partial charge in [-0.1, -0.05) is 12.5 Å². The number of hydrogen-bond donors (Lipinski definition) is 1. The fraction of sp³-hybridized carbons (Fsp3) is 0.667. The molecule has 0 bridgehead atoms. The van der Waals surface area contributed by atoms with E-state index in [-0.39, 0.29) is 0 Å². The van der Waals surface area contributed by atoms with Gasteiger partial charge in [-0.3, -0.25) is 4.90 Å². The van der Waals surface area contributed by atoms with E-state index in [9.17, 15) is 5.11 Å². The van der Waals surface area contributed by atoms with Gasteiger partial charge in [0.2, 0.25) is 0 Å². The third-order valence-electron chi connectivity index (χ3n) is 4.44. The third-order valence-corrected chi connectivity index (χ3v) is 4.44. The van der Waals surface area contributed by atoms with E-state index in [2.05, 4.69) is 38.7 Å². The van der Waals surface area contributed by atoms with Crippen molar-refractivity contribution >= 4 is 0 Å². The number of hydrogen-bond acceptors (Lipinski definition) is 3. The molecule has 3 heteroatoms. The molecule has 118 valence electrons. The molecular weight excluding hydrogens is 262 g/mol. The van der Waals surface area contributed by atoms with Crippen molar-refractivity contribution in [1.29, 1.82) is 0 Å². The lowest BCUT2D eigenvalue weighted by Crippen LogP contribution is -2.48. The van der Waals surface area contributed by atoms with Crippen LogP contribution in [0.25, 0.3) is 0 Å². The molecule has 0 aromatic heterocycles. The summed E-state index contributed by atoms with van der Waals surface area (Å²) in [6.45, 7) is 9.70. The minimum absolute atomic E-state index is 0.360. The van der Waals surface area contributed by atoms with Crippen LogP contribution in [-0.4, -0.2) is 41.3 Å². The van der Waals surface area contributed by atoms with E-state index in [1.807, 2.05) is 12.1 Å². The second kappa shape index (κ2) is 7.28. The van der Waals surface area contributed by atoms with Crippen LogP contribution in [0.3, 0.4) is 0 Å².